The fraction of sp³-hybridized carbons (Fsp3) is 0.300. The van der Waals surface area contributed by atoms with E-state index in [9.17, 15) is 19.7 Å². The SMILES string of the molecule is CNC(=O)c1ccc(CN(C)C(=O)c2ccc(NC3CC3)c([N+](=O)[O-])c2)cc1. The average molecular weight is 382 g/mol. The maximum atomic E-state index is 12.7. The molecule has 0 heterocycles. The number of anilines is 1. The molecule has 8 heteroatoms. The lowest BCUT2D eigenvalue weighted by Crippen LogP contribution is -2.26. The molecule has 1 aliphatic rings. The summed E-state index contributed by atoms with van der Waals surface area (Å²) in [5, 5.41) is 17.1. The summed E-state index contributed by atoms with van der Waals surface area (Å²) in [6, 6.07) is 11.7. The van der Waals surface area contributed by atoms with Crippen LogP contribution in [0, 0.1) is 10.1 Å². The van der Waals surface area contributed by atoms with Crippen LogP contribution < -0.4 is 10.6 Å². The minimum atomic E-state index is -0.473. The Bertz CT molecular complexity index is 907. The first kappa shape index (κ1) is 19.3. The number of carbonyl (C=O) groups excluding carboxylic acids is 2. The molecule has 3 rings (SSSR count). The minimum Gasteiger partial charge on any atom is -0.377 e. The third kappa shape index (κ3) is 4.46. The van der Waals surface area contributed by atoms with E-state index >= 15 is 0 Å². The van der Waals surface area contributed by atoms with E-state index in [4.69, 9.17) is 0 Å². The number of nitrogens with zero attached hydrogens (tertiary/aromatic N) is 2. The largest absolute Gasteiger partial charge is 0.377 e. The zero-order valence-electron chi connectivity index (χ0n) is 15.8. The van der Waals surface area contributed by atoms with Crippen LogP contribution in [0.5, 0.6) is 0 Å². The number of nitro benzene ring substituents is 1. The first-order valence-corrected chi connectivity index (χ1v) is 9.00. The molecular weight excluding hydrogens is 360 g/mol. The third-order valence-corrected chi connectivity index (χ3v) is 4.59. The molecule has 0 aromatic heterocycles. The Kier molecular flexibility index (Phi) is 5.58. The number of rotatable bonds is 7. The summed E-state index contributed by atoms with van der Waals surface area (Å²) in [6.45, 7) is 0.322. The van der Waals surface area contributed by atoms with Crippen LogP contribution >= 0.6 is 0 Å². The smallest absolute Gasteiger partial charge is 0.293 e. The van der Waals surface area contributed by atoms with Gasteiger partial charge in [-0.15, -0.1) is 0 Å². The lowest BCUT2D eigenvalue weighted by Gasteiger charge is -2.18. The van der Waals surface area contributed by atoms with Gasteiger partial charge in [-0.1, -0.05) is 12.1 Å². The van der Waals surface area contributed by atoms with Gasteiger partial charge in [0.25, 0.3) is 17.5 Å². The number of carbonyl (C=O) groups is 2. The summed E-state index contributed by atoms with van der Waals surface area (Å²) in [5.74, 6) is -0.486. The van der Waals surface area contributed by atoms with Crippen LogP contribution in [-0.4, -0.2) is 41.8 Å². The van der Waals surface area contributed by atoms with E-state index in [1.165, 1.54) is 11.0 Å². The molecule has 0 radical (unpaired) electrons. The first-order valence-electron chi connectivity index (χ1n) is 9.00. The van der Waals surface area contributed by atoms with Crippen molar-refractivity contribution in [3.8, 4) is 0 Å². The molecule has 2 aromatic rings. The lowest BCUT2D eigenvalue weighted by atomic mass is 10.1. The fourth-order valence-corrected chi connectivity index (χ4v) is 2.86. The van der Waals surface area contributed by atoms with Crippen LogP contribution in [0.15, 0.2) is 42.5 Å². The van der Waals surface area contributed by atoms with Gasteiger partial charge < -0.3 is 15.5 Å². The maximum Gasteiger partial charge on any atom is 0.293 e. The summed E-state index contributed by atoms with van der Waals surface area (Å²) in [6.07, 6.45) is 2.00. The van der Waals surface area contributed by atoms with Crippen LogP contribution in [0.1, 0.15) is 39.1 Å². The summed E-state index contributed by atoms with van der Waals surface area (Å²) >= 11 is 0. The number of benzene rings is 2. The van der Waals surface area contributed by atoms with Crippen molar-refractivity contribution in [1.29, 1.82) is 0 Å². The van der Waals surface area contributed by atoms with Gasteiger partial charge in [0.15, 0.2) is 0 Å². The van der Waals surface area contributed by atoms with Crippen molar-refractivity contribution < 1.29 is 14.5 Å². The molecule has 0 spiro atoms. The predicted octanol–water partition coefficient (Wildman–Crippen LogP) is 2.80. The van der Waals surface area contributed by atoms with Gasteiger partial charge in [0, 0.05) is 43.9 Å². The molecule has 0 bridgehead atoms. The van der Waals surface area contributed by atoms with Gasteiger partial charge in [0.1, 0.15) is 5.69 Å². The van der Waals surface area contributed by atoms with Crippen molar-refractivity contribution in [3.63, 3.8) is 0 Å². The molecule has 0 atom stereocenters. The van der Waals surface area contributed by atoms with E-state index in [0.717, 1.165) is 18.4 Å². The van der Waals surface area contributed by atoms with Crippen LogP contribution in [0.3, 0.4) is 0 Å². The van der Waals surface area contributed by atoms with Crippen molar-refractivity contribution in [2.24, 2.45) is 0 Å². The van der Waals surface area contributed by atoms with Crippen LogP contribution in [0.25, 0.3) is 0 Å². The highest BCUT2D eigenvalue weighted by molar-refractivity contribution is 5.96. The second kappa shape index (κ2) is 8.08. The molecule has 2 N–H and O–H groups in total. The standard InChI is InChI=1S/C20H22N4O4/c1-21-19(25)14-5-3-13(4-6-14)12-23(2)20(26)15-7-10-17(22-16-8-9-16)18(11-15)24(27)28/h3-7,10-11,16,22H,8-9,12H2,1-2H3,(H,21,25). The molecule has 28 heavy (non-hydrogen) atoms. The molecule has 0 saturated heterocycles. The molecular formula is C20H22N4O4. The highest BCUT2D eigenvalue weighted by atomic mass is 16.6. The Balaban J connectivity index is 1.72. The number of hydrogen-bond donors (Lipinski definition) is 2. The number of nitro groups is 1. The number of nitrogens with one attached hydrogen (secondary N) is 2. The van der Waals surface area contributed by atoms with Gasteiger partial charge in [-0.05, 0) is 42.7 Å². The van der Waals surface area contributed by atoms with E-state index in [-0.39, 0.29) is 29.1 Å². The normalized spacial score (nSPS) is 12.9. The van der Waals surface area contributed by atoms with Crippen LogP contribution in [-0.2, 0) is 6.54 Å². The van der Waals surface area contributed by atoms with Gasteiger partial charge in [0.05, 0.1) is 4.92 Å². The Morgan fingerprint density at radius 2 is 1.79 bits per heavy atom. The second-order valence-electron chi connectivity index (χ2n) is 6.84. The number of amides is 2. The second-order valence-corrected chi connectivity index (χ2v) is 6.84. The zero-order valence-corrected chi connectivity index (χ0v) is 15.8. The average Bonchev–Trinajstić information content (AvgIpc) is 3.51. The van der Waals surface area contributed by atoms with E-state index in [2.05, 4.69) is 10.6 Å². The molecule has 0 aliphatic heterocycles. The fourth-order valence-electron chi connectivity index (χ4n) is 2.86. The summed E-state index contributed by atoms with van der Waals surface area (Å²) in [4.78, 5) is 36.7. The molecule has 8 nitrogen and oxygen atoms in total. The van der Waals surface area contributed by atoms with Gasteiger partial charge in [0.2, 0.25) is 0 Å². The maximum absolute atomic E-state index is 12.7. The van der Waals surface area contributed by atoms with Crippen LogP contribution in [0.2, 0.25) is 0 Å². The van der Waals surface area contributed by atoms with E-state index in [1.807, 2.05) is 0 Å². The van der Waals surface area contributed by atoms with E-state index in [0.29, 0.717) is 17.8 Å². The van der Waals surface area contributed by atoms with Crippen molar-refractivity contribution >= 4 is 23.2 Å². The monoisotopic (exact) mass is 382 g/mol. The Labute approximate surface area is 162 Å². The Morgan fingerprint density at radius 1 is 1.14 bits per heavy atom. The molecule has 2 amide bonds. The highest BCUT2D eigenvalue weighted by Gasteiger charge is 2.26. The quantitative estimate of drug-likeness (QED) is 0.566. The molecule has 2 aromatic carbocycles. The Morgan fingerprint density at radius 3 is 2.36 bits per heavy atom. The summed E-state index contributed by atoms with van der Waals surface area (Å²) in [7, 11) is 3.20. The van der Waals surface area contributed by atoms with Crippen molar-refractivity contribution in [1.82, 2.24) is 10.2 Å². The molecule has 1 fully saturated rings. The molecule has 0 unspecified atom stereocenters. The minimum absolute atomic E-state index is 0.0962. The van der Waals surface area contributed by atoms with Crippen molar-refractivity contribution in [2.45, 2.75) is 25.4 Å². The van der Waals surface area contributed by atoms with Crippen molar-refractivity contribution in [3.05, 3.63) is 69.3 Å². The topological polar surface area (TPSA) is 105 Å². The van der Waals surface area contributed by atoms with Gasteiger partial charge in [-0.2, -0.15) is 0 Å². The summed E-state index contributed by atoms with van der Waals surface area (Å²) in [5.41, 5.74) is 2.00. The van der Waals surface area contributed by atoms with E-state index in [1.54, 1.807) is 50.5 Å². The lowest BCUT2D eigenvalue weighted by molar-refractivity contribution is -0.384. The zero-order chi connectivity index (χ0) is 20.3. The van der Waals surface area contributed by atoms with Gasteiger partial charge in [-0.25, -0.2) is 0 Å². The number of hydrogen-bond acceptors (Lipinski definition) is 5. The van der Waals surface area contributed by atoms with Crippen molar-refractivity contribution in [2.75, 3.05) is 19.4 Å². The molecule has 1 saturated carbocycles. The van der Waals surface area contributed by atoms with E-state index < -0.39 is 4.92 Å². The van der Waals surface area contributed by atoms with Crippen LogP contribution in [0.4, 0.5) is 11.4 Å². The van der Waals surface area contributed by atoms with Gasteiger partial charge >= 0.3 is 0 Å². The Hall–Kier alpha value is -3.42. The summed E-state index contributed by atoms with van der Waals surface area (Å²) < 4.78 is 0. The molecule has 146 valence electrons. The predicted molar refractivity (Wildman–Crippen MR) is 105 cm³/mol. The third-order valence-electron chi connectivity index (χ3n) is 4.59. The highest BCUT2D eigenvalue weighted by Crippen LogP contribution is 2.31. The molecule has 1 aliphatic carbocycles. The first-order chi connectivity index (χ1) is 13.4. The van der Waals surface area contributed by atoms with Gasteiger partial charge in [-0.3, -0.25) is 19.7 Å².